The number of hydrogen-bond donors (Lipinski definition) is 1. The second-order valence-electron chi connectivity index (χ2n) is 5.63. The molecular weight excluding hydrogens is 306 g/mol. The summed E-state index contributed by atoms with van der Waals surface area (Å²) in [5.41, 5.74) is 2.01. The first-order valence-electron chi connectivity index (χ1n) is 7.44. The Labute approximate surface area is 138 Å². The number of aromatic nitrogens is 2. The number of carbonyl (C=O) groups excluding carboxylic acids is 1. The van der Waals surface area contributed by atoms with Crippen molar-refractivity contribution in [3.05, 3.63) is 63.9 Å². The predicted octanol–water partition coefficient (Wildman–Crippen LogP) is 2.79. The van der Waals surface area contributed by atoms with Gasteiger partial charge in [0.15, 0.2) is 5.78 Å². The molecule has 0 unspecified atom stereocenters. The van der Waals surface area contributed by atoms with Gasteiger partial charge in [0.1, 0.15) is 11.1 Å². The molecule has 0 fully saturated rings. The van der Waals surface area contributed by atoms with Crippen LogP contribution in [0.3, 0.4) is 0 Å². The minimum Gasteiger partial charge on any atom is -0.442 e. The molecule has 3 rings (SSSR count). The fourth-order valence-corrected chi connectivity index (χ4v) is 2.49. The Balaban J connectivity index is 1.93. The van der Waals surface area contributed by atoms with Crippen LogP contribution in [0, 0.1) is 6.92 Å². The van der Waals surface area contributed by atoms with E-state index in [2.05, 4.69) is 9.97 Å². The van der Waals surface area contributed by atoms with Gasteiger partial charge in [-0.05, 0) is 30.7 Å². The van der Waals surface area contributed by atoms with Crippen molar-refractivity contribution in [2.24, 2.45) is 0 Å². The van der Waals surface area contributed by atoms with Crippen LogP contribution in [0.15, 0.2) is 45.9 Å². The van der Waals surface area contributed by atoms with Crippen molar-refractivity contribution in [1.82, 2.24) is 9.97 Å². The Morgan fingerprint density at radius 3 is 2.62 bits per heavy atom. The van der Waals surface area contributed by atoms with Crippen LogP contribution in [-0.2, 0) is 0 Å². The Kier molecular flexibility index (Phi) is 4.04. The van der Waals surface area contributed by atoms with Crippen molar-refractivity contribution >= 4 is 28.6 Å². The highest BCUT2D eigenvalue weighted by molar-refractivity contribution is 6.14. The summed E-state index contributed by atoms with van der Waals surface area (Å²) >= 11 is 0. The van der Waals surface area contributed by atoms with Gasteiger partial charge in [0.25, 0.3) is 5.56 Å². The van der Waals surface area contributed by atoms with Crippen molar-refractivity contribution < 1.29 is 9.21 Å². The number of aromatic amines is 1. The van der Waals surface area contributed by atoms with E-state index >= 15 is 0 Å². The molecule has 0 aliphatic heterocycles. The number of nitrogens with one attached hydrogen (secondary N) is 1. The third kappa shape index (κ3) is 2.86. The van der Waals surface area contributed by atoms with E-state index < -0.39 is 0 Å². The molecular formula is C18H17N3O3. The first-order valence-corrected chi connectivity index (χ1v) is 7.44. The Hall–Kier alpha value is -3.15. The van der Waals surface area contributed by atoms with Crippen LogP contribution >= 0.6 is 0 Å². The van der Waals surface area contributed by atoms with Gasteiger partial charge in [-0.3, -0.25) is 9.59 Å². The van der Waals surface area contributed by atoms with Crippen molar-refractivity contribution in [3.8, 4) is 0 Å². The molecule has 1 N–H and O–H groups in total. The van der Waals surface area contributed by atoms with Crippen LogP contribution in [0.4, 0.5) is 5.69 Å². The van der Waals surface area contributed by atoms with E-state index in [1.807, 2.05) is 43.3 Å². The summed E-state index contributed by atoms with van der Waals surface area (Å²) in [6, 6.07) is 7.79. The first-order chi connectivity index (χ1) is 11.5. The third-order valence-electron chi connectivity index (χ3n) is 3.75. The molecule has 2 aromatic heterocycles. The summed E-state index contributed by atoms with van der Waals surface area (Å²) in [7, 11) is 3.93. The van der Waals surface area contributed by atoms with Crippen molar-refractivity contribution in [2.75, 3.05) is 19.0 Å². The lowest BCUT2D eigenvalue weighted by molar-refractivity contribution is 0.104. The lowest BCUT2D eigenvalue weighted by atomic mass is 10.1. The number of nitrogens with zero attached hydrogens (tertiary/aromatic N) is 2. The molecule has 0 aliphatic carbocycles. The third-order valence-corrected chi connectivity index (χ3v) is 3.75. The van der Waals surface area contributed by atoms with Crippen LogP contribution in [0.2, 0.25) is 0 Å². The maximum atomic E-state index is 12.5. The van der Waals surface area contributed by atoms with Gasteiger partial charge in [0, 0.05) is 19.8 Å². The number of aryl methyl sites for hydroxylation is 1. The number of fused-ring (bicyclic) bond motifs is 1. The maximum absolute atomic E-state index is 12.5. The normalized spacial score (nSPS) is 11.3. The van der Waals surface area contributed by atoms with Crippen LogP contribution in [-0.4, -0.2) is 29.8 Å². The second-order valence-corrected chi connectivity index (χ2v) is 5.63. The lowest BCUT2D eigenvalue weighted by Crippen LogP contribution is -2.09. The molecule has 6 nitrogen and oxygen atoms in total. The SMILES string of the molecule is Cc1oc2nc[nH]c(=O)c2c1C(=O)/C=C/c1ccc(N(C)C)cc1. The fourth-order valence-electron chi connectivity index (χ4n) is 2.49. The molecule has 0 aliphatic rings. The maximum Gasteiger partial charge on any atom is 0.262 e. The molecule has 0 radical (unpaired) electrons. The number of H-pyrrole nitrogens is 1. The lowest BCUT2D eigenvalue weighted by Gasteiger charge is -2.11. The average molecular weight is 323 g/mol. The summed E-state index contributed by atoms with van der Waals surface area (Å²) < 4.78 is 5.40. The quantitative estimate of drug-likeness (QED) is 0.590. The number of benzene rings is 1. The molecule has 0 saturated heterocycles. The minimum absolute atomic E-state index is 0.170. The van der Waals surface area contributed by atoms with Gasteiger partial charge in [0.2, 0.25) is 5.71 Å². The standard InChI is InChI=1S/C18H17N3O3/c1-11-15(16-17(23)19-10-20-18(16)24-11)14(22)9-6-12-4-7-13(8-5-12)21(2)3/h4-10H,1-3H3,(H,19,20,23)/b9-6+. The van der Waals surface area contributed by atoms with E-state index in [1.165, 1.54) is 12.4 Å². The van der Waals surface area contributed by atoms with Crippen molar-refractivity contribution in [2.45, 2.75) is 6.92 Å². The Morgan fingerprint density at radius 1 is 1.25 bits per heavy atom. The zero-order valence-corrected chi connectivity index (χ0v) is 13.7. The number of allylic oxidation sites excluding steroid dienone is 1. The summed E-state index contributed by atoms with van der Waals surface area (Å²) in [5.74, 6) is 0.0910. The highest BCUT2D eigenvalue weighted by Crippen LogP contribution is 2.22. The Bertz CT molecular complexity index is 979. The monoisotopic (exact) mass is 323 g/mol. The summed E-state index contributed by atoms with van der Waals surface area (Å²) in [4.78, 5) is 32.9. The number of anilines is 1. The van der Waals surface area contributed by atoms with E-state index in [0.29, 0.717) is 5.76 Å². The average Bonchev–Trinajstić information content (AvgIpc) is 2.90. The number of ketones is 1. The Morgan fingerprint density at radius 2 is 1.96 bits per heavy atom. The molecule has 2 heterocycles. The molecule has 0 spiro atoms. The van der Waals surface area contributed by atoms with Gasteiger partial charge in [-0.15, -0.1) is 0 Å². The predicted molar refractivity (Wildman–Crippen MR) is 93.5 cm³/mol. The zero-order chi connectivity index (χ0) is 17.3. The van der Waals surface area contributed by atoms with Gasteiger partial charge in [0.05, 0.1) is 11.9 Å². The minimum atomic E-state index is -0.385. The molecule has 0 amide bonds. The van der Waals surface area contributed by atoms with Crippen molar-refractivity contribution in [1.29, 1.82) is 0 Å². The second kappa shape index (κ2) is 6.16. The van der Waals surface area contributed by atoms with Crippen LogP contribution < -0.4 is 10.5 Å². The first kappa shape index (κ1) is 15.7. The number of rotatable bonds is 4. The molecule has 0 saturated carbocycles. The number of hydrogen-bond acceptors (Lipinski definition) is 5. The summed E-state index contributed by atoms with van der Waals surface area (Å²) in [5, 5.41) is 0.188. The van der Waals surface area contributed by atoms with Gasteiger partial charge < -0.3 is 14.3 Å². The summed E-state index contributed by atoms with van der Waals surface area (Å²) in [6.45, 7) is 1.65. The van der Waals surface area contributed by atoms with Gasteiger partial charge in [-0.2, -0.15) is 0 Å². The van der Waals surface area contributed by atoms with E-state index in [9.17, 15) is 9.59 Å². The van der Waals surface area contributed by atoms with Gasteiger partial charge >= 0.3 is 0 Å². The number of furan rings is 1. The molecule has 24 heavy (non-hydrogen) atoms. The van der Waals surface area contributed by atoms with Crippen LogP contribution in [0.5, 0.6) is 0 Å². The largest absolute Gasteiger partial charge is 0.442 e. The molecule has 122 valence electrons. The topological polar surface area (TPSA) is 79.2 Å². The van der Waals surface area contributed by atoms with E-state index in [4.69, 9.17) is 4.42 Å². The van der Waals surface area contributed by atoms with Crippen LogP contribution in [0.25, 0.3) is 17.2 Å². The van der Waals surface area contributed by atoms with E-state index in [0.717, 1.165) is 11.3 Å². The van der Waals surface area contributed by atoms with Gasteiger partial charge in [-0.25, -0.2) is 4.98 Å². The van der Waals surface area contributed by atoms with Gasteiger partial charge in [-0.1, -0.05) is 18.2 Å². The fraction of sp³-hybridized carbons (Fsp3) is 0.167. The number of carbonyl (C=O) groups is 1. The molecule has 0 atom stereocenters. The van der Waals surface area contributed by atoms with E-state index in [-0.39, 0.29) is 28.0 Å². The molecule has 0 bridgehead atoms. The highest BCUT2D eigenvalue weighted by Gasteiger charge is 2.19. The smallest absolute Gasteiger partial charge is 0.262 e. The molecule has 3 aromatic rings. The summed E-state index contributed by atoms with van der Waals surface area (Å²) in [6.07, 6.45) is 4.41. The zero-order valence-electron chi connectivity index (χ0n) is 13.7. The highest BCUT2D eigenvalue weighted by atomic mass is 16.3. The van der Waals surface area contributed by atoms with Crippen LogP contribution in [0.1, 0.15) is 21.7 Å². The van der Waals surface area contributed by atoms with E-state index in [1.54, 1.807) is 13.0 Å². The molecule has 6 heteroatoms. The van der Waals surface area contributed by atoms with Crippen molar-refractivity contribution in [3.63, 3.8) is 0 Å². The molecule has 1 aromatic carbocycles.